The molecule has 0 spiro atoms. The Morgan fingerprint density at radius 3 is 2.31 bits per heavy atom. The number of carbonyl (C=O) groups excluding carboxylic acids is 2. The molecule has 1 aromatic carbocycles. The van der Waals surface area contributed by atoms with Crippen molar-refractivity contribution in [1.82, 2.24) is 24.7 Å². The second-order valence-corrected chi connectivity index (χ2v) is 11.3. The Hall–Kier alpha value is -4.04. The molecule has 3 aliphatic rings. The molecule has 2 amide bonds. The average Bonchev–Trinajstić information content (AvgIpc) is 3.54. The summed E-state index contributed by atoms with van der Waals surface area (Å²) in [6.07, 6.45) is 6.36. The van der Waals surface area contributed by atoms with Crippen LogP contribution in [-0.4, -0.2) is 102 Å². The first kappa shape index (κ1) is 35.4. The van der Waals surface area contributed by atoms with Crippen molar-refractivity contribution in [3.05, 3.63) is 59.1 Å². The smallest absolute Gasteiger partial charge is 0.318 e. The van der Waals surface area contributed by atoms with Crippen LogP contribution in [0.1, 0.15) is 67.2 Å². The van der Waals surface area contributed by atoms with Crippen LogP contribution in [0, 0.1) is 17.1 Å². The number of hydrogen-bond acceptors (Lipinski definition) is 8. The van der Waals surface area contributed by atoms with Crippen LogP contribution in [-0.2, 0) is 24.1 Å². The van der Waals surface area contributed by atoms with E-state index in [0.717, 1.165) is 17.1 Å². The second kappa shape index (κ2) is 17.4. The highest BCUT2D eigenvalue weighted by atomic mass is 19.1. The molecule has 4 heterocycles. The van der Waals surface area contributed by atoms with Crippen molar-refractivity contribution in [2.45, 2.75) is 65.3 Å². The van der Waals surface area contributed by atoms with Crippen molar-refractivity contribution in [2.24, 2.45) is 0 Å². The molecule has 5 rings (SSSR count). The minimum atomic E-state index is -0.352. The molecule has 0 N–H and O–H groups in total. The molecule has 10 nitrogen and oxygen atoms in total. The van der Waals surface area contributed by atoms with Crippen molar-refractivity contribution in [3.8, 4) is 12.1 Å². The van der Waals surface area contributed by atoms with Gasteiger partial charge in [0.15, 0.2) is 0 Å². The molecular formula is C34H48FN7O3. The molecular weight excluding hydrogens is 573 g/mol. The first-order valence-electron chi connectivity index (χ1n) is 16.0. The largest absolute Gasteiger partial charge is 0.464 e. The van der Waals surface area contributed by atoms with Crippen molar-refractivity contribution >= 4 is 17.6 Å². The Balaban J connectivity index is 0.000000473. The first-order chi connectivity index (χ1) is 21.7. The van der Waals surface area contributed by atoms with Gasteiger partial charge in [0.2, 0.25) is 5.91 Å². The highest BCUT2D eigenvalue weighted by Gasteiger charge is 2.33. The predicted octanol–water partition coefficient (Wildman–Crippen LogP) is 4.28. The summed E-state index contributed by atoms with van der Waals surface area (Å²) in [5.41, 5.74) is 2.66. The third-order valence-corrected chi connectivity index (χ3v) is 8.32. The Morgan fingerprint density at radius 1 is 1.11 bits per heavy atom. The van der Waals surface area contributed by atoms with Crippen molar-refractivity contribution in [3.63, 3.8) is 0 Å². The lowest BCUT2D eigenvalue weighted by Gasteiger charge is -2.37. The molecule has 0 bridgehead atoms. The number of fused-ring (bicyclic) bond motifs is 1. The van der Waals surface area contributed by atoms with Crippen LogP contribution in [0.25, 0.3) is 0 Å². The van der Waals surface area contributed by atoms with Crippen LogP contribution in [0.4, 0.5) is 10.2 Å². The summed E-state index contributed by atoms with van der Waals surface area (Å²) in [6, 6.07) is 6.63. The van der Waals surface area contributed by atoms with Gasteiger partial charge in [-0.2, -0.15) is 15.2 Å². The van der Waals surface area contributed by atoms with E-state index in [1.54, 1.807) is 29.0 Å². The lowest BCUT2D eigenvalue weighted by molar-refractivity contribution is -0.126. The lowest BCUT2D eigenvalue weighted by atomic mass is 9.90. The Labute approximate surface area is 267 Å². The molecule has 0 unspecified atom stereocenters. The van der Waals surface area contributed by atoms with E-state index in [-0.39, 0.29) is 29.7 Å². The number of likely N-dealkylation sites (N-methyl/N-ethyl adjacent to an activating group) is 1. The molecule has 0 aliphatic carbocycles. The predicted molar refractivity (Wildman–Crippen MR) is 174 cm³/mol. The zero-order valence-electron chi connectivity index (χ0n) is 27.5. The Kier molecular flexibility index (Phi) is 13.7. The first-order valence-corrected chi connectivity index (χ1v) is 16.0. The van der Waals surface area contributed by atoms with Crippen LogP contribution in [0.5, 0.6) is 6.01 Å². The number of likely N-dealkylation sites (tertiary alicyclic amines) is 1. The molecule has 45 heavy (non-hydrogen) atoms. The minimum absolute atomic E-state index is 0.0729. The summed E-state index contributed by atoms with van der Waals surface area (Å²) < 4.78 is 20.3. The van der Waals surface area contributed by atoms with E-state index < -0.39 is 0 Å². The second-order valence-electron chi connectivity index (χ2n) is 11.3. The maximum atomic E-state index is 14.6. The van der Waals surface area contributed by atoms with Crippen molar-refractivity contribution < 1.29 is 18.7 Å². The zero-order chi connectivity index (χ0) is 32.9. The summed E-state index contributed by atoms with van der Waals surface area (Å²) >= 11 is 0. The van der Waals surface area contributed by atoms with E-state index in [4.69, 9.17) is 20.0 Å². The van der Waals surface area contributed by atoms with Crippen molar-refractivity contribution in [1.29, 1.82) is 5.26 Å². The molecule has 2 fully saturated rings. The number of rotatable bonds is 7. The quantitative estimate of drug-likeness (QED) is 0.422. The van der Waals surface area contributed by atoms with Gasteiger partial charge in [-0.3, -0.25) is 9.59 Å². The fraction of sp³-hybridized carbons (Fsp3) is 0.559. The van der Waals surface area contributed by atoms with Crippen LogP contribution in [0.15, 0.2) is 30.9 Å². The monoisotopic (exact) mass is 621 g/mol. The summed E-state index contributed by atoms with van der Waals surface area (Å²) in [4.78, 5) is 42.4. The molecule has 0 radical (unpaired) electrons. The summed E-state index contributed by atoms with van der Waals surface area (Å²) in [5, 5.41) is 7.62. The highest BCUT2D eigenvalue weighted by molar-refractivity contribution is 5.97. The number of carbonyl (C=O) groups is 2. The van der Waals surface area contributed by atoms with Gasteiger partial charge >= 0.3 is 6.01 Å². The number of benzene rings is 1. The SMILES string of the molecule is C=CC(=O)N1CCN(c2nc(OCC)nc(C[C@@H]3Cc4c(F)cccc4C(=O)N3C)c2CC)CC1.CCC#N.CN1CCCC1. The fourth-order valence-corrected chi connectivity index (χ4v) is 5.75. The summed E-state index contributed by atoms with van der Waals surface area (Å²) in [6.45, 7) is 14.8. The third-order valence-electron chi connectivity index (χ3n) is 8.32. The molecule has 1 aromatic heterocycles. The molecule has 2 saturated heterocycles. The van der Waals surface area contributed by atoms with E-state index in [1.807, 2.05) is 26.8 Å². The molecule has 2 aromatic rings. The van der Waals surface area contributed by atoms with Crippen LogP contribution in [0.2, 0.25) is 0 Å². The van der Waals surface area contributed by atoms with Gasteiger partial charge in [-0.15, -0.1) is 0 Å². The van der Waals surface area contributed by atoms with E-state index >= 15 is 0 Å². The van der Waals surface area contributed by atoms with Gasteiger partial charge in [-0.1, -0.05) is 26.5 Å². The number of hydrogen-bond donors (Lipinski definition) is 0. The number of nitriles is 1. The maximum absolute atomic E-state index is 14.6. The summed E-state index contributed by atoms with van der Waals surface area (Å²) in [5.74, 6) is 0.186. The molecule has 3 aliphatic heterocycles. The van der Waals surface area contributed by atoms with Gasteiger partial charge in [-0.05, 0) is 71.0 Å². The number of aromatic nitrogens is 2. The fourth-order valence-electron chi connectivity index (χ4n) is 5.75. The zero-order valence-corrected chi connectivity index (χ0v) is 27.5. The number of anilines is 1. The Morgan fingerprint density at radius 2 is 1.78 bits per heavy atom. The van der Waals surface area contributed by atoms with E-state index in [0.29, 0.717) is 69.6 Å². The number of piperazine rings is 1. The maximum Gasteiger partial charge on any atom is 0.318 e. The number of amides is 2. The number of ether oxygens (including phenoxy) is 1. The van der Waals surface area contributed by atoms with E-state index in [2.05, 4.69) is 23.4 Å². The standard InChI is InChI=1S/C26H32FN5O3.C5H11N.C3H5N/c1-5-18-22(16-17-15-20-19(25(34)30(17)4)9-8-10-21(20)27)28-26(35-7-3)29-24(18)32-13-11-31(12-14-32)23(33)6-2;1-6-4-2-3-5-6;1-2-3-4/h6,8-10,17H,2,5,7,11-16H2,1,3-4H3;2-5H2,1H3;2H2,1H3/t17-;;/m0../s1. The third kappa shape index (κ3) is 9.24. The van der Waals surface area contributed by atoms with E-state index in [9.17, 15) is 14.0 Å². The molecule has 1 atom stereocenters. The van der Waals surface area contributed by atoms with Crippen molar-refractivity contribution in [2.75, 3.05) is 64.9 Å². The van der Waals surface area contributed by atoms with Crippen LogP contribution in [0.3, 0.4) is 0 Å². The van der Waals surface area contributed by atoms with E-state index in [1.165, 1.54) is 38.1 Å². The number of halogens is 1. The van der Waals surface area contributed by atoms with Crippen LogP contribution >= 0.6 is 0 Å². The highest BCUT2D eigenvalue weighted by Crippen LogP contribution is 2.30. The lowest BCUT2D eigenvalue weighted by Crippen LogP contribution is -2.49. The van der Waals surface area contributed by atoms with Gasteiger partial charge in [0.1, 0.15) is 11.6 Å². The minimum Gasteiger partial charge on any atom is -0.464 e. The van der Waals surface area contributed by atoms with Gasteiger partial charge in [0.25, 0.3) is 5.91 Å². The summed E-state index contributed by atoms with van der Waals surface area (Å²) in [7, 11) is 3.93. The molecule has 244 valence electrons. The molecule has 11 heteroatoms. The van der Waals surface area contributed by atoms with Gasteiger partial charge in [-0.25, -0.2) is 4.39 Å². The Bertz CT molecular complexity index is 1350. The molecule has 0 saturated carbocycles. The van der Waals surface area contributed by atoms with Gasteiger partial charge in [0, 0.05) is 68.8 Å². The normalized spacial score (nSPS) is 17.8. The van der Waals surface area contributed by atoms with Gasteiger partial charge < -0.3 is 24.3 Å². The topological polar surface area (TPSA) is 106 Å². The number of nitrogens with zero attached hydrogens (tertiary/aromatic N) is 7. The van der Waals surface area contributed by atoms with Gasteiger partial charge in [0.05, 0.1) is 18.4 Å². The van der Waals surface area contributed by atoms with Crippen LogP contribution < -0.4 is 9.64 Å². The average molecular weight is 622 g/mol.